The minimum Gasteiger partial charge on any atom is -0.416 e. The fraction of sp³-hybridized carbons (Fsp3) is 0.318. The van der Waals surface area contributed by atoms with E-state index in [2.05, 4.69) is 42.2 Å². The van der Waals surface area contributed by atoms with Crippen LogP contribution in [0.4, 0.5) is 5.69 Å². The Morgan fingerprint density at radius 2 is 1.93 bits per heavy atom. The first kappa shape index (κ1) is 18.7. The lowest BCUT2D eigenvalue weighted by molar-refractivity contribution is -0.116. The number of nitrogens with zero attached hydrogens (tertiary/aromatic N) is 3. The summed E-state index contributed by atoms with van der Waals surface area (Å²) in [7, 11) is 0. The summed E-state index contributed by atoms with van der Waals surface area (Å²) in [6, 6.07) is 18.5. The van der Waals surface area contributed by atoms with E-state index in [1.807, 2.05) is 41.3 Å². The van der Waals surface area contributed by atoms with Crippen LogP contribution >= 0.6 is 11.8 Å². The zero-order chi connectivity index (χ0) is 19.5. The Labute approximate surface area is 169 Å². The number of thioether (sulfide) groups is 1. The van der Waals surface area contributed by atoms with E-state index in [0.29, 0.717) is 23.5 Å². The standard InChI is InChI=1S/C22H23N3O2S/c1-15(17-8-4-3-5-9-17)12-20-23-24-22(27-20)28-14-21(26)25-16(2)13-18-10-6-7-11-19(18)25/h3-11,15-16H,12-14H2,1-2H3. The van der Waals surface area contributed by atoms with Gasteiger partial charge in [0.05, 0.1) is 5.75 Å². The molecule has 5 nitrogen and oxygen atoms in total. The number of para-hydroxylation sites is 1. The number of anilines is 1. The number of rotatable bonds is 6. The highest BCUT2D eigenvalue weighted by Crippen LogP contribution is 2.32. The molecule has 3 aromatic rings. The number of amides is 1. The van der Waals surface area contributed by atoms with Gasteiger partial charge >= 0.3 is 0 Å². The molecule has 2 unspecified atom stereocenters. The van der Waals surface area contributed by atoms with Crippen molar-refractivity contribution in [3.8, 4) is 0 Å². The van der Waals surface area contributed by atoms with Crippen molar-refractivity contribution < 1.29 is 9.21 Å². The highest BCUT2D eigenvalue weighted by Gasteiger charge is 2.30. The molecule has 0 N–H and O–H groups in total. The summed E-state index contributed by atoms with van der Waals surface area (Å²) < 4.78 is 5.76. The molecule has 28 heavy (non-hydrogen) atoms. The number of benzene rings is 2. The minimum atomic E-state index is 0.0693. The fourth-order valence-electron chi connectivity index (χ4n) is 3.68. The Kier molecular flexibility index (Phi) is 5.48. The van der Waals surface area contributed by atoms with Gasteiger partial charge in [-0.15, -0.1) is 10.2 Å². The predicted molar refractivity (Wildman–Crippen MR) is 111 cm³/mol. The van der Waals surface area contributed by atoms with E-state index in [4.69, 9.17) is 4.42 Å². The van der Waals surface area contributed by atoms with E-state index in [0.717, 1.165) is 12.1 Å². The SMILES string of the molecule is CC(Cc1nnc(SCC(=O)N2c3ccccc3CC2C)o1)c1ccccc1. The van der Waals surface area contributed by atoms with Crippen LogP contribution in [0, 0.1) is 0 Å². The molecule has 1 aliphatic rings. The lowest BCUT2D eigenvalue weighted by atomic mass is 9.98. The Bertz CT molecular complexity index is 957. The van der Waals surface area contributed by atoms with Crippen LogP contribution in [0.3, 0.4) is 0 Å². The predicted octanol–water partition coefficient (Wildman–Crippen LogP) is 4.49. The topological polar surface area (TPSA) is 59.2 Å². The molecule has 6 heteroatoms. The van der Waals surface area contributed by atoms with Crippen molar-refractivity contribution in [1.82, 2.24) is 10.2 Å². The monoisotopic (exact) mass is 393 g/mol. The third-order valence-electron chi connectivity index (χ3n) is 5.09. The molecule has 4 rings (SSSR count). The van der Waals surface area contributed by atoms with Crippen molar-refractivity contribution in [2.24, 2.45) is 0 Å². The number of carbonyl (C=O) groups is 1. The molecule has 2 heterocycles. The Morgan fingerprint density at radius 3 is 2.75 bits per heavy atom. The average Bonchev–Trinajstić information content (AvgIpc) is 3.29. The lowest BCUT2D eigenvalue weighted by Crippen LogP contribution is -2.36. The van der Waals surface area contributed by atoms with Crippen LogP contribution in [0.15, 0.2) is 64.2 Å². The summed E-state index contributed by atoms with van der Waals surface area (Å²) in [6.45, 7) is 4.22. The highest BCUT2D eigenvalue weighted by molar-refractivity contribution is 7.99. The number of aromatic nitrogens is 2. The fourth-order valence-corrected chi connectivity index (χ4v) is 4.32. The van der Waals surface area contributed by atoms with Gasteiger partial charge in [-0.1, -0.05) is 67.2 Å². The molecule has 0 saturated carbocycles. The normalized spacial score (nSPS) is 16.8. The van der Waals surface area contributed by atoms with E-state index < -0.39 is 0 Å². The van der Waals surface area contributed by atoms with E-state index in [9.17, 15) is 4.79 Å². The summed E-state index contributed by atoms with van der Waals surface area (Å²) in [5.74, 6) is 1.25. The largest absolute Gasteiger partial charge is 0.416 e. The first-order valence-electron chi connectivity index (χ1n) is 9.52. The zero-order valence-corrected chi connectivity index (χ0v) is 16.9. The van der Waals surface area contributed by atoms with Gasteiger partial charge in [0, 0.05) is 18.2 Å². The van der Waals surface area contributed by atoms with Crippen LogP contribution in [0.1, 0.15) is 36.8 Å². The Hall–Kier alpha value is -2.60. The van der Waals surface area contributed by atoms with E-state index >= 15 is 0 Å². The molecular weight excluding hydrogens is 370 g/mol. The maximum atomic E-state index is 12.8. The number of hydrogen-bond donors (Lipinski definition) is 0. The number of hydrogen-bond acceptors (Lipinski definition) is 5. The molecule has 1 amide bonds. The second-order valence-electron chi connectivity index (χ2n) is 7.21. The van der Waals surface area contributed by atoms with Crippen LogP contribution in [0.5, 0.6) is 0 Å². The molecule has 0 fully saturated rings. The Morgan fingerprint density at radius 1 is 1.18 bits per heavy atom. The van der Waals surface area contributed by atoms with Crippen molar-refractivity contribution in [3.05, 3.63) is 71.6 Å². The number of carbonyl (C=O) groups excluding carboxylic acids is 1. The highest BCUT2D eigenvalue weighted by atomic mass is 32.2. The molecule has 1 aromatic heterocycles. The van der Waals surface area contributed by atoms with Gasteiger partial charge < -0.3 is 9.32 Å². The van der Waals surface area contributed by atoms with Crippen LogP contribution < -0.4 is 4.90 Å². The summed E-state index contributed by atoms with van der Waals surface area (Å²) in [5, 5.41) is 8.69. The molecule has 1 aliphatic heterocycles. The molecule has 0 saturated heterocycles. The van der Waals surface area contributed by atoms with Gasteiger partial charge in [-0.2, -0.15) is 0 Å². The van der Waals surface area contributed by atoms with Crippen molar-refractivity contribution in [2.45, 2.75) is 43.9 Å². The minimum absolute atomic E-state index is 0.0693. The van der Waals surface area contributed by atoms with Crippen LogP contribution in [0.25, 0.3) is 0 Å². The van der Waals surface area contributed by atoms with E-state index in [-0.39, 0.29) is 17.7 Å². The maximum absolute atomic E-state index is 12.8. The van der Waals surface area contributed by atoms with Crippen LogP contribution in [0.2, 0.25) is 0 Å². The number of fused-ring (bicyclic) bond motifs is 1. The van der Waals surface area contributed by atoms with Crippen molar-refractivity contribution in [2.75, 3.05) is 10.7 Å². The van der Waals surface area contributed by atoms with Crippen LogP contribution in [-0.4, -0.2) is 27.9 Å². The van der Waals surface area contributed by atoms with E-state index in [1.165, 1.54) is 22.9 Å². The quantitative estimate of drug-likeness (QED) is 0.578. The molecule has 144 valence electrons. The van der Waals surface area contributed by atoms with Gasteiger partial charge in [0.1, 0.15) is 0 Å². The summed E-state index contributed by atoms with van der Waals surface area (Å²) in [6.07, 6.45) is 1.58. The molecule has 0 spiro atoms. The van der Waals surface area contributed by atoms with Crippen molar-refractivity contribution >= 4 is 23.4 Å². The summed E-state index contributed by atoms with van der Waals surface area (Å²) in [4.78, 5) is 14.7. The van der Waals surface area contributed by atoms with Gasteiger partial charge in [-0.05, 0) is 36.5 Å². The van der Waals surface area contributed by atoms with E-state index in [1.54, 1.807) is 0 Å². The third kappa shape index (κ3) is 3.97. The lowest BCUT2D eigenvalue weighted by Gasteiger charge is -2.22. The van der Waals surface area contributed by atoms with Gasteiger partial charge in [-0.25, -0.2) is 0 Å². The summed E-state index contributed by atoms with van der Waals surface area (Å²) >= 11 is 1.30. The first-order chi connectivity index (χ1) is 13.6. The van der Waals surface area contributed by atoms with Crippen LogP contribution in [-0.2, 0) is 17.6 Å². The molecule has 0 aliphatic carbocycles. The molecule has 2 aromatic carbocycles. The van der Waals surface area contributed by atoms with Gasteiger partial charge in [0.15, 0.2) is 0 Å². The molecule has 2 atom stereocenters. The molecule has 0 radical (unpaired) electrons. The second-order valence-corrected chi connectivity index (χ2v) is 8.14. The molecular formula is C22H23N3O2S. The maximum Gasteiger partial charge on any atom is 0.277 e. The first-order valence-corrected chi connectivity index (χ1v) is 10.5. The molecule has 0 bridgehead atoms. The Balaban J connectivity index is 1.35. The smallest absolute Gasteiger partial charge is 0.277 e. The zero-order valence-electron chi connectivity index (χ0n) is 16.0. The van der Waals surface area contributed by atoms with Gasteiger partial charge in [0.2, 0.25) is 11.8 Å². The van der Waals surface area contributed by atoms with Gasteiger partial charge in [-0.3, -0.25) is 4.79 Å². The summed E-state index contributed by atoms with van der Waals surface area (Å²) in [5.41, 5.74) is 3.48. The third-order valence-corrected chi connectivity index (χ3v) is 5.90. The average molecular weight is 394 g/mol. The second kappa shape index (κ2) is 8.19. The van der Waals surface area contributed by atoms with Gasteiger partial charge in [0.25, 0.3) is 5.22 Å². The van der Waals surface area contributed by atoms with Crippen molar-refractivity contribution in [1.29, 1.82) is 0 Å². The van der Waals surface area contributed by atoms with Crippen molar-refractivity contribution in [3.63, 3.8) is 0 Å².